The molecule has 0 spiro atoms. The Kier molecular flexibility index (Phi) is 6.80. The lowest BCUT2D eigenvalue weighted by molar-refractivity contribution is -0.136. The van der Waals surface area contributed by atoms with Gasteiger partial charge in [0, 0.05) is 46.6 Å². The largest absolute Gasteiger partial charge is 0.501 e. The number of nitrogens with zero attached hydrogens (tertiary/aromatic N) is 3. The molecule has 5 aromatic rings. The smallest absolute Gasteiger partial charge is 0.417 e. The Morgan fingerprint density at radius 1 is 1.12 bits per heavy atom. The van der Waals surface area contributed by atoms with Crippen LogP contribution in [0.5, 0.6) is 0 Å². The van der Waals surface area contributed by atoms with Gasteiger partial charge in [0.1, 0.15) is 5.52 Å². The van der Waals surface area contributed by atoms with Crippen LogP contribution in [-0.2, 0) is 18.0 Å². The predicted octanol–water partition coefficient (Wildman–Crippen LogP) is 7.06. The number of fused-ring (bicyclic) bond motifs is 2. The van der Waals surface area contributed by atoms with E-state index in [4.69, 9.17) is 10.5 Å². The average Bonchev–Trinajstić information content (AvgIpc) is 3.43. The average molecular weight is 573 g/mol. The van der Waals surface area contributed by atoms with E-state index in [2.05, 4.69) is 5.10 Å². The summed E-state index contributed by atoms with van der Waals surface area (Å²) in [7, 11) is 1.59. The molecule has 0 atom stereocenters. The molecule has 6 nitrogen and oxygen atoms in total. The maximum atomic E-state index is 14.5. The summed E-state index contributed by atoms with van der Waals surface area (Å²) in [4.78, 5) is 13.4. The van der Waals surface area contributed by atoms with Gasteiger partial charge < -0.3 is 14.9 Å². The van der Waals surface area contributed by atoms with Gasteiger partial charge in [-0.3, -0.25) is 9.48 Å². The van der Waals surface area contributed by atoms with Crippen molar-refractivity contribution in [2.24, 2.45) is 7.05 Å². The Balaban J connectivity index is 1.86. The number of pyridine rings is 1. The number of ketones is 1. The highest BCUT2D eigenvalue weighted by Crippen LogP contribution is 2.46. The number of nitrogen functional groups attached to an aromatic ring is 1. The Morgan fingerprint density at radius 3 is 2.44 bits per heavy atom. The second kappa shape index (κ2) is 10.0. The minimum atomic E-state index is -4.82. The Morgan fingerprint density at radius 2 is 1.80 bits per heavy atom. The number of nitrogens with two attached hydrogens (primary N) is 1. The summed E-state index contributed by atoms with van der Waals surface area (Å²) >= 11 is 0. The summed E-state index contributed by atoms with van der Waals surface area (Å²) in [6, 6.07) is 6.26. The highest BCUT2D eigenvalue weighted by Gasteiger charge is 2.37. The zero-order valence-corrected chi connectivity index (χ0v) is 21.9. The normalized spacial score (nSPS) is 12.2. The number of carbonyl (C=O) groups excluding carboxylic acids is 1. The molecule has 0 aliphatic heterocycles. The highest BCUT2D eigenvalue weighted by molar-refractivity contribution is 6.11. The first-order chi connectivity index (χ1) is 19.3. The third-order valence-corrected chi connectivity index (χ3v) is 6.85. The Hall–Kier alpha value is -4.74. The second-order valence-corrected chi connectivity index (χ2v) is 9.28. The monoisotopic (exact) mass is 572 g/mol. The zero-order valence-electron chi connectivity index (χ0n) is 21.9. The minimum Gasteiger partial charge on any atom is -0.501 e. The molecule has 3 aromatic heterocycles. The summed E-state index contributed by atoms with van der Waals surface area (Å²) in [6.45, 7) is 3.63. The van der Waals surface area contributed by atoms with Gasteiger partial charge in [-0.15, -0.1) is 0 Å². The molecule has 12 heteroatoms. The summed E-state index contributed by atoms with van der Waals surface area (Å²) in [5.41, 5.74) is 5.23. The quantitative estimate of drug-likeness (QED) is 0.0778. The van der Waals surface area contributed by atoms with E-state index in [-0.39, 0.29) is 51.1 Å². The van der Waals surface area contributed by atoms with Crippen molar-refractivity contribution in [2.75, 3.05) is 12.3 Å². The summed E-state index contributed by atoms with van der Waals surface area (Å²) in [5.74, 6) is -5.76. The molecular formula is C29H22F6N4O2. The second-order valence-electron chi connectivity index (χ2n) is 9.28. The topological polar surface area (TPSA) is 74.5 Å². The first-order valence-corrected chi connectivity index (χ1v) is 12.3. The van der Waals surface area contributed by atoms with Crippen LogP contribution >= 0.6 is 0 Å². The summed E-state index contributed by atoms with van der Waals surface area (Å²) < 4.78 is 93.0. The number of ether oxygens (including phenoxy) is 1. The van der Waals surface area contributed by atoms with Crippen molar-refractivity contribution in [3.8, 4) is 11.1 Å². The number of rotatable bonds is 6. The fourth-order valence-electron chi connectivity index (χ4n) is 4.83. The molecule has 0 unspecified atom stereocenters. The molecule has 0 aliphatic carbocycles. The van der Waals surface area contributed by atoms with Gasteiger partial charge in [-0.25, -0.2) is 13.2 Å². The fourth-order valence-corrected chi connectivity index (χ4v) is 4.83. The zero-order chi connectivity index (χ0) is 29.8. The van der Waals surface area contributed by atoms with Crippen LogP contribution in [0.15, 0.2) is 48.9 Å². The number of aryl methyl sites for hydroxylation is 2. The van der Waals surface area contributed by atoms with Crippen LogP contribution in [0.2, 0.25) is 0 Å². The molecule has 0 amide bonds. The summed E-state index contributed by atoms with van der Waals surface area (Å²) in [5, 5.41) is 4.54. The maximum absolute atomic E-state index is 14.5. The van der Waals surface area contributed by atoms with Crippen molar-refractivity contribution in [3.05, 3.63) is 94.4 Å². The van der Waals surface area contributed by atoms with Crippen LogP contribution < -0.4 is 5.73 Å². The Labute approximate surface area is 229 Å². The lowest BCUT2D eigenvalue weighted by Crippen LogP contribution is -2.11. The molecule has 0 saturated heterocycles. The van der Waals surface area contributed by atoms with Crippen LogP contribution in [-0.4, -0.2) is 26.6 Å². The van der Waals surface area contributed by atoms with Crippen molar-refractivity contribution >= 4 is 34.0 Å². The van der Waals surface area contributed by atoms with Crippen molar-refractivity contribution in [1.29, 1.82) is 0 Å². The van der Waals surface area contributed by atoms with Crippen LogP contribution in [0.25, 0.3) is 33.6 Å². The SMILES string of the molecule is CCOC=Cc1cc(C(=O)c2cc(F)c(F)c(F)c2)n2cccc(-c3c(C(F)(F)F)cc4c(C)n(C)nc4c3N)c12. The number of carbonyl (C=O) groups is 1. The van der Waals surface area contributed by atoms with Crippen LogP contribution in [0.4, 0.5) is 32.0 Å². The fraction of sp³-hybridized carbons (Fsp3) is 0.172. The molecule has 0 aliphatic rings. The molecule has 41 heavy (non-hydrogen) atoms. The van der Waals surface area contributed by atoms with E-state index < -0.39 is 40.5 Å². The van der Waals surface area contributed by atoms with Crippen LogP contribution in [0, 0.1) is 24.4 Å². The van der Waals surface area contributed by atoms with Crippen LogP contribution in [0.3, 0.4) is 0 Å². The lowest BCUT2D eigenvalue weighted by atomic mass is 9.93. The Bertz CT molecular complexity index is 1860. The van der Waals surface area contributed by atoms with Crippen molar-refractivity contribution in [2.45, 2.75) is 20.0 Å². The third kappa shape index (κ3) is 4.58. The first kappa shape index (κ1) is 27.8. The third-order valence-electron chi connectivity index (χ3n) is 6.85. The van der Waals surface area contributed by atoms with Crippen molar-refractivity contribution in [1.82, 2.24) is 14.2 Å². The first-order valence-electron chi connectivity index (χ1n) is 12.3. The van der Waals surface area contributed by atoms with Gasteiger partial charge in [0.15, 0.2) is 17.5 Å². The molecule has 212 valence electrons. The number of benzene rings is 2. The van der Waals surface area contributed by atoms with E-state index in [0.29, 0.717) is 17.8 Å². The van der Waals surface area contributed by atoms with E-state index in [1.54, 1.807) is 20.9 Å². The number of hydrogen-bond donors (Lipinski definition) is 1. The lowest BCUT2D eigenvalue weighted by Gasteiger charge is -2.18. The van der Waals surface area contributed by atoms with Crippen molar-refractivity contribution in [3.63, 3.8) is 0 Å². The van der Waals surface area contributed by atoms with E-state index in [1.165, 1.54) is 45.8 Å². The van der Waals surface area contributed by atoms with E-state index in [9.17, 15) is 31.1 Å². The van der Waals surface area contributed by atoms with E-state index >= 15 is 0 Å². The van der Waals surface area contributed by atoms with Crippen LogP contribution in [0.1, 0.15) is 39.8 Å². The molecule has 5 rings (SSSR count). The van der Waals surface area contributed by atoms with Gasteiger partial charge in [-0.2, -0.15) is 18.3 Å². The van der Waals surface area contributed by atoms with Gasteiger partial charge in [0.05, 0.1) is 35.3 Å². The molecule has 2 aromatic carbocycles. The number of hydrogen-bond acceptors (Lipinski definition) is 4. The van der Waals surface area contributed by atoms with Gasteiger partial charge in [0.25, 0.3) is 0 Å². The molecule has 0 fully saturated rings. The predicted molar refractivity (Wildman–Crippen MR) is 142 cm³/mol. The highest BCUT2D eigenvalue weighted by atomic mass is 19.4. The molecular weight excluding hydrogens is 550 g/mol. The number of anilines is 1. The molecule has 0 radical (unpaired) electrons. The molecule has 3 heterocycles. The maximum Gasteiger partial charge on any atom is 0.417 e. The molecule has 0 bridgehead atoms. The van der Waals surface area contributed by atoms with E-state index in [1.807, 2.05) is 0 Å². The number of alkyl halides is 3. The van der Waals surface area contributed by atoms with E-state index in [0.717, 1.165) is 6.07 Å². The van der Waals surface area contributed by atoms with Gasteiger partial charge in [0.2, 0.25) is 5.78 Å². The molecule has 2 N–H and O–H groups in total. The standard InChI is InChI=1S/C29H22F6N4O2/c1-4-41-9-7-15-12-22(28(40)16-10-20(30)24(32)21(31)11-16)39-8-5-6-17(27(15)39)23-19(29(33,34)35)13-18-14(2)38(3)37-26(18)25(23)36/h5-13H,4,36H2,1-3H3. The van der Waals surface area contributed by atoms with Gasteiger partial charge in [-0.05, 0) is 50.3 Å². The van der Waals surface area contributed by atoms with Gasteiger partial charge >= 0.3 is 6.18 Å². The molecule has 0 saturated carbocycles. The number of halogens is 6. The minimum absolute atomic E-state index is 0.0224. The van der Waals surface area contributed by atoms with Gasteiger partial charge in [-0.1, -0.05) is 6.07 Å². The van der Waals surface area contributed by atoms with Crippen molar-refractivity contribution < 1.29 is 35.9 Å². The number of aromatic nitrogens is 3. The summed E-state index contributed by atoms with van der Waals surface area (Å²) in [6.07, 6.45) is -0.662.